The maximum Gasteiger partial charge on any atom is 0.306 e. The third kappa shape index (κ3) is 49.1. The number of ether oxygens (including phenoxy) is 3. The van der Waals surface area contributed by atoms with Crippen LogP contribution in [-0.4, -0.2) is 37.2 Å². The minimum absolute atomic E-state index is 0.159. The van der Waals surface area contributed by atoms with E-state index < -0.39 is 12.1 Å². The number of unbranched alkanes of at least 4 members (excludes halogenated alkanes) is 5. The van der Waals surface area contributed by atoms with Crippen LogP contribution in [0, 0.1) is 0 Å². The highest BCUT2D eigenvalue weighted by molar-refractivity contribution is 5.71. The molecule has 0 aliphatic rings. The highest BCUT2D eigenvalue weighted by atomic mass is 16.6. The lowest BCUT2D eigenvalue weighted by Crippen LogP contribution is -2.30. The van der Waals surface area contributed by atoms with Crippen LogP contribution in [0.5, 0.6) is 0 Å². The first-order valence-corrected chi connectivity index (χ1v) is 24.1. The topological polar surface area (TPSA) is 78.9 Å². The van der Waals surface area contributed by atoms with Gasteiger partial charge in [0.15, 0.2) is 6.10 Å². The Morgan fingerprint density at radius 1 is 0.323 bits per heavy atom. The van der Waals surface area contributed by atoms with Crippen molar-refractivity contribution in [1.29, 1.82) is 0 Å². The van der Waals surface area contributed by atoms with Crippen molar-refractivity contribution in [3.63, 3.8) is 0 Å². The zero-order chi connectivity index (χ0) is 47.2. The average molecular weight is 887 g/mol. The van der Waals surface area contributed by atoms with E-state index in [0.29, 0.717) is 19.3 Å². The summed E-state index contributed by atoms with van der Waals surface area (Å²) in [6, 6.07) is 0. The van der Waals surface area contributed by atoms with E-state index in [1.54, 1.807) is 0 Å². The van der Waals surface area contributed by atoms with Crippen molar-refractivity contribution >= 4 is 17.9 Å². The summed E-state index contributed by atoms with van der Waals surface area (Å²) in [4.78, 5) is 37.9. The molecule has 0 radical (unpaired) electrons. The Bertz CT molecular complexity index is 1680. The van der Waals surface area contributed by atoms with Crippen molar-refractivity contribution in [3.8, 4) is 0 Å². The first-order chi connectivity index (χ1) is 32.0. The largest absolute Gasteiger partial charge is 0.462 e. The van der Waals surface area contributed by atoms with Gasteiger partial charge in [0.2, 0.25) is 0 Å². The second-order valence-electron chi connectivity index (χ2n) is 14.8. The minimum atomic E-state index is -0.867. The molecule has 0 aliphatic heterocycles. The number of hydrogen-bond acceptors (Lipinski definition) is 6. The van der Waals surface area contributed by atoms with Crippen LogP contribution in [0.2, 0.25) is 0 Å². The molecule has 0 aromatic rings. The molecule has 1 atom stereocenters. The molecular formula is C59H82O6. The van der Waals surface area contributed by atoms with Gasteiger partial charge >= 0.3 is 17.9 Å². The maximum atomic E-state index is 12.8. The monoisotopic (exact) mass is 887 g/mol. The highest BCUT2D eigenvalue weighted by Crippen LogP contribution is 2.09. The van der Waals surface area contributed by atoms with Gasteiger partial charge in [0.05, 0.1) is 0 Å². The SMILES string of the molecule is CC/C=C/C=C/C=C/C=C/C=C/C=C/CCCCCC(=O)OCC(COC(=O)CCC/C=C/C=C/C=C/C=C/C=C/CC)OC(=O)CCC/C=C/C/C=C/C/C=C/C/C=C/C/C=C/CC. The predicted molar refractivity (Wildman–Crippen MR) is 278 cm³/mol. The summed E-state index contributed by atoms with van der Waals surface area (Å²) in [5.74, 6) is -1.16. The Morgan fingerprint density at radius 2 is 0.646 bits per heavy atom. The fraction of sp³-hybridized carbons (Fsp3) is 0.407. The van der Waals surface area contributed by atoms with Gasteiger partial charge in [-0.3, -0.25) is 14.4 Å². The Labute approximate surface area is 395 Å². The molecule has 0 saturated carbocycles. The summed E-state index contributed by atoms with van der Waals surface area (Å²) in [7, 11) is 0. The second kappa shape index (κ2) is 50.9. The normalized spacial score (nSPS) is 13.8. The molecule has 1 unspecified atom stereocenters. The zero-order valence-corrected chi connectivity index (χ0v) is 40.1. The maximum absolute atomic E-state index is 12.8. The summed E-state index contributed by atoms with van der Waals surface area (Å²) < 4.78 is 16.6. The number of hydrogen-bond donors (Lipinski definition) is 0. The van der Waals surface area contributed by atoms with E-state index in [-0.39, 0.29) is 44.4 Å². The van der Waals surface area contributed by atoms with Gasteiger partial charge in [-0.15, -0.1) is 0 Å². The number of rotatable bonds is 39. The molecule has 0 saturated heterocycles. The summed E-state index contributed by atoms with van der Waals surface area (Å²) in [6.07, 6.45) is 78.5. The van der Waals surface area contributed by atoms with E-state index in [1.165, 1.54) is 0 Å². The van der Waals surface area contributed by atoms with E-state index in [0.717, 1.165) is 77.0 Å². The molecule has 0 aromatic heterocycles. The summed E-state index contributed by atoms with van der Waals surface area (Å²) >= 11 is 0. The van der Waals surface area contributed by atoms with Gasteiger partial charge in [0, 0.05) is 19.3 Å². The van der Waals surface area contributed by atoms with Crippen molar-refractivity contribution < 1.29 is 28.6 Å². The van der Waals surface area contributed by atoms with Crippen molar-refractivity contribution in [2.45, 2.75) is 142 Å². The minimum Gasteiger partial charge on any atom is -0.462 e. The van der Waals surface area contributed by atoms with Crippen LogP contribution in [0.4, 0.5) is 0 Å². The van der Waals surface area contributed by atoms with Crippen molar-refractivity contribution in [2.75, 3.05) is 13.2 Å². The van der Waals surface area contributed by atoms with Crippen LogP contribution in [-0.2, 0) is 28.6 Å². The number of esters is 3. The summed E-state index contributed by atoms with van der Waals surface area (Å²) in [5, 5.41) is 0. The van der Waals surface area contributed by atoms with E-state index >= 15 is 0 Å². The first kappa shape index (κ1) is 59.2. The predicted octanol–water partition coefficient (Wildman–Crippen LogP) is 16.0. The standard InChI is InChI=1S/C59H82O6/c1-4-7-10-13-16-19-22-25-27-29-31-34-37-40-43-46-49-52-58(61)64-55-56(54-63-57(60)51-48-45-42-39-36-33-24-21-18-15-12-9-6-3)65-59(62)53-50-47-44-41-38-35-32-30-28-26-23-20-17-14-11-8-5-2/h7-13,15-22,24-29,31-37,39,41-42,44,56H,4-6,14,23,30,38,40,43,45-55H2,1-3H3/b10-7+,11-8+,12-9+,16-13+,18-15+,20-17+,22-19+,24-21+,27-25+,28-26+,31-29+,35-32+,36-33+,37-34+,42-39+,44-41+. The van der Waals surface area contributed by atoms with E-state index in [1.807, 2.05) is 115 Å². The molecule has 0 N–H and O–H groups in total. The van der Waals surface area contributed by atoms with Crippen LogP contribution in [0.1, 0.15) is 136 Å². The quantitative estimate of drug-likeness (QED) is 0.0201. The lowest BCUT2D eigenvalue weighted by Gasteiger charge is -2.18. The van der Waals surface area contributed by atoms with Crippen molar-refractivity contribution in [1.82, 2.24) is 0 Å². The van der Waals surface area contributed by atoms with Crippen molar-refractivity contribution in [2.24, 2.45) is 0 Å². The van der Waals surface area contributed by atoms with E-state index in [2.05, 4.69) is 99.8 Å². The van der Waals surface area contributed by atoms with Gasteiger partial charge in [-0.05, 0) is 89.9 Å². The highest BCUT2D eigenvalue weighted by Gasteiger charge is 2.19. The Morgan fingerprint density at radius 3 is 1.08 bits per heavy atom. The summed E-state index contributed by atoms with van der Waals surface area (Å²) in [6.45, 7) is 6.03. The molecule has 65 heavy (non-hydrogen) atoms. The molecule has 0 rings (SSSR count). The Hall–Kier alpha value is -5.75. The molecule has 0 aromatic carbocycles. The zero-order valence-electron chi connectivity index (χ0n) is 40.1. The van der Waals surface area contributed by atoms with Gasteiger partial charge in [-0.1, -0.05) is 222 Å². The molecule has 0 heterocycles. The number of allylic oxidation sites excluding steroid dienone is 32. The van der Waals surface area contributed by atoms with Gasteiger partial charge in [-0.25, -0.2) is 0 Å². The molecule has 6 heteroatoms. The number of carbonyl (C=O) groups excluding carboxylic acids is 3. The first-order valence-electron chi connectivity index (χ1n) is 24.1. The Kier molecular flexibility index (Phi) is 46.4. The second-order valence-corrected chi connectivity index (χ2v) is 14.8. The van der Waals surface area contributed by atoms with Crippen molar-refractivity contribution in [3.05, 3.63) is 194 Å². The van der Waals surface area contributed by atoms with Crippen LogP contribution in [0.3, 0.4) is 0 Å². The van der Waals surface area contributed by atoms with E-state index in [4.69, 9.17) is 14.2 Å². The molecule has 0 fully saturated rings. The molecule has 0 aliphatic carbocycles. The molecule has 0 amide bonds. The molecule has 354 valence electrons. The van der Waals surface area contributed by atoms with Gasteiger partial charge in [-0.2, -0.15) is 0 Å². The van der Waals surface area contributed by atoms with Crippen LogP contribution < -0.4 is 0 Å². The van der Waals surface area contributed by atoms with Crippen LogP contribution >= 0.6 is 0 Å². The molecule has 0 spiro atoms. The van der Waals surface area contributed by atoms with Gasteiger partial charge in [0.25, 0.3) is 0 Å². The fourth-order valence-electron chi connectivity index (χ4n) is 5.36. The van der Waals surface area contributed by atoms with Gasteiger partial charge < -0.3 is 14.2 Å². The summed E-state index contributed by atoms with van der Waals surface area (Å²) in [5.41, 5.74) is 0. The smallest absolute Gasteiger partial charge is 0.306 e. The van der Waals surface area contributed by atoms with E-state index in [9.17, 15) is 14.4 Å². The third-order valence-corrected chi connectivity index (χ3v) is 8.86. The molecular weight excluding hydrogens is 805 g/mol. The Balaban J connectivity index is 4.74. The van der Waals surface area contributed by atoms with Crippen LogP contribution in [0.15, 0.2) is 194 Å². The molecule has 0 bridgehead atoms. The van der Waals surface area contributed by atoms with Crippen LogP contribution in [0.25, 0.3) is 0 Å². The fourth-order valence-corrected chi connectivity index (χ4v) is 5.36. The third-order valence-electron chi connectivity index (χ3n) is 8.86. The molecule has 6 nitrogen and oxygen atoms in total. The lowest BCUT2D eigenvalue weighted by atomic mass is 10.1. The average Bonchev–Trinajstić information content (AvgIpc) is 3.30. The van der Waals surface area contributed by atoms with Gasteiger partial charge in [0.1, 0.15) is 13.2 Å². The number of carbonyl (C=O) groups is 3. The lowest BCUT2D eigenvalue weighted by molar-refractivity contribution is -0.167.